The standard InChI is InChI=1S/C19H19N5O2/c1-13-11-23(19(25)15-9-6-10-20-18(15)26-2)12-16-21-22-17(24(13)16)14-7-4-3-5-8-14/h3-10,13H,11-12H2,1-2H3/t13-/m0/s1. The van der Waals surface area contributed by atoms with E-state index >= 15 is 0 Å². The fourth-order valence-electron chi connectivity index (χ4n) is 3.36. The van der Waals surface area contributed by atoms with E-state index in [-0.39, 0.29) is 11.9 Å². The first-order chi connectivity index (χ1) is 12.7. The third-order valence-corrected chi connectivity index (χ3v) is 4.54. The van der Waals surface area contributed by atoms with Gasteiger partial charge in [-0.3, -0.25) is 4.79 Å². The fraction of sp³-hybridized carbons (Fsp3) is 0.263. The molecule has 0 bridgehead atoms. The van der Waals surface area contributed by atoms with Crippen molar-refractivity contribution in [3.05, 3.63) is 60.0 Å². The Morgan fingerprint density at radius 2 is 1.96 bits per heavy atom. The topological polar surface area (TPSA) is 73.1 Å². The van der Waals surface area contributed by atoms with E-state index in [2.05, 4.69) is 26.7 Å². The van der Waals surface area contributed by atoms with Crippen LogP contribution in [0.3, 0.4) is 0 Å². The van der Waals surface area contributed by atoms with E-state index in [9.17, 15) is 4.79 Å². The number of fused-ring (bicyclic) bond motifs is 1. The van der Waals surface area contributed by atoms with Gasteiger partial charge in [0.15, 0.2) is 11.6 Å². The minimum absolute atomic E-state index is 0.0653. The van der Waals surface area contributed by atoms with Crippen molar-refractivity contribution in [3.8, 4) is 17.3 Å². The zero-order valence-corrected chi connectivity index (χ0v) is 14.7. The molecule has 7 heteroatoms. The second-order valence-electron chi connectivity index (χ2n) is 6.27. The molecule has 0 spiro atoms. The third-order valence-electron chi connectivity index (χ3n) is 4.54. The number of methoxy groups -OCH3 is 1. The van der Waals surface area contributed by atoms with Gasteiger partial charge in [0, 0.05) is 18.3 Å². The quantitative estimate of drug-likeness (QED) is 0.727. The van der Waals surface area contributed by atoms with Crippen molar-refractivity contribution in [3.63, 3.8) is 0 Å². The van der Waals surface area contributed by atoms with Crippen LogP contribution in [-0.2, 0) is 6.54 Å². The molecule has 0 radical (unpaired) electrons. The first-order valence-corrected chi connectivity index (χ1v) is 8.46. The molecule has 0 fully saturated rings. The molecule has 1 atom stereocenters. The van der Waals surface area contributed by atoms with Crippen molar-refractivity contribution in [1.29, 1.82) is 0 Å². The van der Waals surface area contributed by atoms with Gasteiger partial charge in [-0.2, -0.15) is 0 Å². The van der Waals surface area contributed by atoms with Gasteiger partial charge in [-0.25, -0.2) is 4.98 Å². The molecule has 0 saturated heterocycles. The van der Waals surface area contributed by atoms with Crippen molar-refractivity contribution >= 4 is 5.91 Å². The molecule has 0 N–H and O–H groups in total. The van der Waals surface area contributed by atoms with Crippen molar-refractivity contribution in [1.82, 2.24) is 24.6 Å². The summed E-state index contributed by atoms with van der Waals surface area (Å²) in [6, 6.07) is 13.5. The van der Waals surface area contributed by atoms with E-state index in [1.807, 2.05) is 30.3 Å². The average Bonchev–Trinajstić information content (AvgIpc) is 3.12. The smallest absolute Gasteiger partial charge is 0.259 e. The second kappa shape index (κ2) is 6.59. The predicted octanol–water partition coefficient (Wildman–Crippen LogP) is 2.57. The van der Waals surface area contributed by atoms with Crippen molar-refractivity contribution in [2.75, 3.05) is 13.7 Å². The molecule has 4 rings (SSSR count). The molecule has 1 aromatic carbocycles. The largest absolute Gasteiger partial charge is 0.480 e. The van der Waals surface area contributed by atoms with E-state index in [0.29, 0.717) is 24.5 Å². The lowest BCUT2D eigenvalue weighted by atomic mass is 10.1. The van der Waals surface area contributed by atoms with Crippen LogP contribution in [0.2, 0.25) is 0 Å². The number of hydrogen-bond acceptors (Lipinski definition) is 5. The second-order valence-corrected chi connectivity index (χ2v) is 6.27. The predicted molar refractivity (Wildman–Crippen MR) is 95.7 cm³/mol. The minimum atomic E-state index is -0.114. The van der Waals surface area contributed by atoms with E-state index in [1.54, 1.807) is 23.2 Å². The molecule has 2 aromatic heterocycles. The molecule has 3 heterocycles. The van der Waals surface area contributed by atoms with Gasteiger partial charge in [0.05, 0.1) is 19.7 Å². The Hall–Kier alpha value is -3.22. The molecular weight excluding hydrogens is 330 g/mol. The number of amides is 1. The van der Waals surface area contributed by atoms with E-state index in [4.69, 9.17) is 4.74 Å². The summed E-state index contributed by atoms with van der Waals surface area (Å²) in [5.74, 6) is 1.83. The Kier molecular flexibility index (Phi) is 4.12. The lowest BCUT2D eigenvalue weighted by Gasteiger charge is -2.32. The highest BCUT2D eigenvalue weighted by Crippen LogP contribution is 2.28. The zero-order valence-electron chi connectivity index (χ0n) is 14.7. The van der Waals surface area contributed by atoms with E-state index < -0.39 is 0 Å². The summed E-state index contributed by atoms with van der Waals surface area (Å²) in [5, 5.41) is 8.68. The number of rotatable bonds is 3. The van der Waals surface area contributed by atoms with Crippen molar-refractivity contribution < 1.29 is 9.53 Å². The molecule has 1 amide bonds. The lowest BCUT2D eigenvalue weighted by Crippen LogP contribution is -2.40. The van der Waals surface area contributed by atoms with Gasteiger partial charge in [-0.05, 0) is 19.1 Å². The Labute approximate surface area is 151 Å². The fourth-order valence-corrected chi connectivity index (χ4v) is 3.36. The molecule has 3 aromatic rings. The summed E-state index contributed by atoms with van der Waals surface area (Å²) in [5.41, 5.74) is 1.48. The average molecular weight is 349 g/mol. The maximum absolute atomic E-state index is 13.0. The third kappa shape index (κ3) is 2.71. The zero-order chi connectivity index (χ0) is 18.1. The van der Waals surface area contributed by atoms with Crippen LogP contribution < -0.4 is 4.74 Å². The molecular formula is C19H19N5O2. The maximum atomic E-state index is 13.0. The number of nitrogens with zero attached hydrogens (tertiary/aromatic N) is 5. The van der Waals surface area contributed by atoms with E-state index in [0.717, 1.165) is 17.2 Å². The summed E-state index contributed by atoms with van der Waals surface area (Å²) < 4.78 is 7.33. The number of ether oxygens (including phenoxy) is 1. The molecule has 132 valence electrons. The molecule has 1 aliphatic heterocycles. The van der Waals surface area contributed by atoms with Crippen LogP contribution in [-0.4, -0.2) is 44.2 Å². The molecule has 1 aliphatic rings. The van der Waals surface area contributed by atoms with Gasteiger partial charge < -0.3 is 14.2 Å². The molecule has 7 nitrogen and oxygen atoms in total. The number of hydrogen-bond donors (Lipinski definition) is 0. The number of benzene rings is 1. The van der Waals surface area contributed by atoms with E-state index in [1.165, 1.54) is 7.11 Å². The molecule has 0 unspecified atom stereocenters. The SMILES string of the molecule is COc1ncccc1C(=O)N1Cc2nnc(-c3ccccc3)n2[C@@H](C)C1. The van der Waals surface area contributed by atoms with Crippen LogP contribution in [0.1, 0.15) is 29.1 Å². The summed E-state index contributed by atoms with van der Waals surface area (Å²) in [6.45, 7) is 3.04. The lowest BCUT2D eigenvalue weighted by molar-refractivity contribution is 0.0678. The minimum Gasteiger partial charge on any atom is -0.480 e. The summed E-state index contributed by atoms with van der Waals surface area (Å²) >= 11 is 0. The summed E-state index contributed by atoms with van der Waals surface area (Å²) in [4.78, 5) is 18.8. The highest BCUT2D eigenvalue weighted by atomic mass is 16.5. The monoisotopic (exact) mass is 349 g/mol. The summed E-state index contributed by atoms with van der Waals surface area (Å²) in [7, 11) is 1.51. The van der Waals surface area contributed by atoms with Gasteiger partial charge in [0.2, 0.25) is 5.88 Å². The van der Waals surface area contributed by atoms with Crippen LogP contribution in [0.5, 0.6) is 5.88 Å². The highest BCUT2D eigenvalue weighted by Gasteiger charge is 2.31. The molecule has 26 heavy (non-hydrogen) atoms. The van der Waals surface area contributed by atoms with Crippen molar-refractivity contribution in [2.45, 2.75) is 19.5 Å². The first-order valence-electron chi connectivity index (χ1n) is 8.46. The molecule has 0 saturated carbocycles. The van der Waals surface area contributed by atoms with Gasteiger partial charge in [0.25, 0.3) is 5.91 Å². The molecule has 0 aliphatic carbocycles. The van der Waals surface area contributed by atoms with Gasteiger partial charge in [-0.15, -0.1) is 10.2 Å². The number of carbonyl (C=O) groups excluding carboxylic acids is 1. The Bertz CT molecular complexity index is 938. The Balaban J connectivity index is 1.65. The van der Waals surface area contributed by atoms with Gasteiger partial charge in [0.1, 0.15) is 5.56 Å². The van der Waals surface area contributed by atoms with Gasteiger partial charge >= 0.3 is 0 Å². The van der Waals surface area contributed by atoms with Crippen molar-refractivity contribution in [2.24, 2.45) is 0 Å². The maximum Gasteiger partial charge on any atom is 0.259 e. The Morgan fingerprint density at radius 3 is 2.73 bits per heavy atom. The van der Waals surface area contributed by atoms with Gasteiger partial charge in [-0.1, -0.05) is 30.3 Å². The van der Waals surface area contributed by atoms with Crippen LogP contribution in [0, 0.1) is 0 Å². The number of pyridine rings is 1. The normalized spacial score (nSPS) is 16.2. The van der Waals surface area contributed by atoms with Crippen LogP contribution in [0.25, 0.3) is 11.4 Å². The summed E-state index contributed by atoms with van der Waals surface area (Å²) in [6.07, 6.45) is 1.61. The number of carbonyl (C=O) groups is 1. The van der Waals surface area contributed by atoms with Crippen LogP contribution >= 0.6 is 0 Å². The Morgan fingerprint density at radius 1 is 1.15 bits per heavy atom. The number of aromatic nitrogens is 4. The van der Waals surface area contributed by atoms with Crippen LogP contribution in [0.4, 0.5) is 0 Å². The first kappa shape index (κ1) is 16.3. The van der Waals surface area contributed by atoms with Crippen LogP contribution in [0.15, 0.2) is 48.7 Å². The highest BCUT2D eigenvalue weighted by molar-refractivity contribution is 5.96.